The van der Waals surface area contributed by atoms with Crippen molar-refractivity contribution in [2.24, 2.45) is 11.8 Å². The van der Waals surface area contributed by atoms with Gasteiger partial charge in [0.15, 0.2) is 0 Å². The molecule has 0 bridgehead atoms. The molecule has 2 rings (SSSR count). The van der Waals surface area contributed by atoms with Gasteiger partial charge in [0.25, 0.3) is 5.91 Å². The quantitative estimate of drug-likeness (QED) is 0.849. The van der Waals surface area contributed by atoms with E-state index in [1.54, 1.807) is 0 Å². The molecule has 0 radical (unpaired) electrons. The molecule has 0 aromatic heterocycles. The first-order valence-corrected chi connectivity index (χ1v) is 9.09. The molecule has 23 heavy (non-hydrogen) atoms. The van der Waals surface area contributed by atoms with Crippen LogP contribution in [0.4, 0.5) is 0 Å². The zero-order chi connectivity index (χ0) is 16.8. The molecule has 1 aliphatic rings. The van der Waals surface area contributed by atoms with Crippen LogP contribution in [0.5, 0.6) is 0 Å². The smallest absolute Gasteiger partial charge is 0.253 e. The fraction of sp³-hybridized carbons (Fsp3) is 0.556. The van der Waals surface area contributed by atoms with Gasteiger partial charge in [0.1, 0.15) is 0 Å². The largest absolute Gasteiger partial charge is 0.356 e. The van der Waals surface area contributed by atoms with Crippen LogP contribution in [-0.4, -0.2) is 36.3 Å². The number of carbonyl (C=O) groups excluding carboxylic acids is 2. The molecule has 0 atom stereocenters. The SMILES string of the molecule is CC(C)CCNC(=O)C1CCN(C(=O)c2ccc(Br)cc2)CC1. The molecule has 0 unspecified atom stereocenters. The molecule has 1 heterocycles. The summed E-state index contributed by atoms with van der Waals surface area (Å²) in [4.78, 5) is 26.4. The van der Waals surface area contributed by atoms with Gasteiger partial charge < -0.3 is 10.2 Å². The van der Waals surface area contributed by atoms with Crippen molar-refractivity contribution in [2.75, 3.05) is 19.6 Å². The van der Waals surface area contributed by atoms with E-state index in [0.29, 0.717) is 24.6 Å². The molecule has 0 saturated carbocycles. The molecule has 1 aromatic carbocycles. The highest BCUT2D eigenvalue weighted by Gasteiger charge is 2.27. The van der Waals surface area contributed by atoms with Crippen molar-refractivity contribution in [3.63, 3.8) is 0 Å². The van der Waals surface area contributed by atoms with E-state index in [2.05, 4.69) is 35.1 Å². The number of carbonyl (C=O) groups is 2. The Kier molecular flexibility index (Phi) is 6.63. The third-order valence-corrected chi connectivity index (χ3v) is 4.79. The molecule has 1 fully saturated rings. The summed E-state index contributed by atoms with van der Waals surface area (Å²) in [5.74, 6) is 0.828. The molecular formula is C18H25BrN2O2. The topological polar surface area (TPSA) is 49.4 Å². The van der Waals surface area contributed by atoms with Gasteiger partial charge in [-0.05, 0) is 49.4 Å². The highest BCUT2D eigenvalue weighted by atomic mass is 79.9. The molecule has 1 N–H and O–H groups in total. The number of likely N-dealkylation sites (tertiary alicyclic amines) is 1. The van der Waals surface area contributed by atoms with E-state index in [4.69, 9.17) is 0 Å². The third-order valence-electron chi connectivity index (χ3n) is 4.27. The first-order chi connectivity index (χ1) is 11.0. The molecule has 5 heteroatoms. The highest BCUT2D eigenvalue weighted by Crippen LogP contribution is 2.20. The molecule has 4 nitrogen and oxygen atoms in total. The van der Waals surface area contributed by atoms with Crippen LogP contribution in [0.3, 0.4) is 0 Å². The summed E-state index contributed by atoms with van der Waals surface area (Å²) in [5.41, 5.74) is 0.702. The number of nitrogens with one attached hydrogen (secondary N) is 1. The first-order valence-electron chi connectivity index (χ1n) is 8.30. The standard InChI is InChI=1S/C18H25BrN2O2/c1-13(2)7-10-20-17(22)14-8-11-21(12-9-14)18(23)15-3-5-16(19)6-4-15/h3-6,13-14H,7-12H2,1-2H3,(H,20,22). The third kappa shape index (κ3) is 5.34. The molecule has 1 aliphatic heterocycles. The second kappa shape index (κ2) is 8.48. The fourth-order valence-electron chi connectivity index (χ4n) is 2.75. The predicted octanol–water partition coefficient (Wildman–Crippen LogP) is 3.46. The van der Waals surface area contributed by atoms with Crippen LogP contribution < -0.4 is 5.32 Å². The van der Waals surface area contributed by atoms with Gasteiger partial charge in [0, 0.05) is 35.6 Å². The monoisotopic (exact) mass is 380 g/mol. The first kappa shape index (κ1) is 18.0. The van der Waals surface area contributed by atoms with Gasteiger partial charge in [-0.15, -0.1) is 0 Å². The van der Waals surface area contributed by atoms with Crippen molar-refractivity contribution in [1.82, 2.24) is 10.2 Å². The van der Waals surface area contributed by atoms with Crippen molar-refractivity contribution >= 4 is 27.7 Å². The fourth-order valence-corrected chi connectivity index (χ4v) is 3.01. The summed E-state index contributed by atoms with van der Waals surface area (Å²) in [6, 6.07) is 7.42. The summed E-state index contributed by atoms with van der Waals surface area (Å²) in [5, 5.41) is 3.02. The maximum atomic E-state index is 12.4. The Balaban J connectivity index is 1.80. The van der Waals surface area contributed by atoms with Crippen molar-refractivity contribution in [1.29, 1.82) is 0 Å². The van der Waals surface area contributed by atoms with Gasteiger partial charge in [-0.25, -0.2) is 0 Å². The van der Waals surface area contributed by atoms with Crippen molar-refractivity contribution in [3.05, 3.63) is 34.3 Å². The number of benzene rings is 1. The van der Waals surface area contributed by atoms with E-state index in [-0.39, 0.29) is 17.7 Å². The normalized spacial score (nSPS) is 15.7. The Morgan fingerprint density at radius 2 is 1.83 bits per heavy atom. The predicted molar refractivity (Wildman–Crippen MR) is 95.2 cm³/mol. The van der Waals surface area contributed by atoms with E-state index in [1.165, 1.54) is 0 Å². The maximum absolute atomic E-state index is 12.4. The van der Waals surface area contributed by atoms with Crippen LogP contribution in [0.15, 0.2) is 28.7 Å². The zero-order valence-electron chi connectivity index (χ0n) is 13.8. The zero-order valence-corrected chi connectivity index (χ0v) is 15.4. The molecule has 2 amide bonds. The summed E-state index contributed by atoms with van der Waals surface area (Å²) in [6.07, 6.45) is 2.50. The van der Waals surface area contributed by atoms with Crippen LogP contribution in [0.25, 0.3) is 0 Å². The number of piperidine rings is 1. The maximum Gasteiger partial charge on any atom is 0.253 e. The summed E-state index contributed by atoms with van der Waals surface area (Å²) in [7, 11) is 0. The molecule has 126 valence electrons. The molecular weight excluding hydrogens is 356 g/mol. The number of halogens is 1. The van der Waals surface area contributed by atoms with Gasteiger partial charge in [0.2, 0.25) is 5.91 Å². The van der Waals surface area contributed by atoms with Crippen LogP contribution >= 0.6 is 15.9 Å². The van der Waals surface area contributed by atoms with E-state index in [1.807, 2.05) is 29.2 Å². The lowest BCUT2D eigenvalue weighted by atomic mass is 9.95. The molecule has 1 aromatic rings. The number of nitrogens with zero attached hydrogens (tertiary/aromatic N) is 1. The summed E-state index contributed by atoms with van der Waals surface area (Å²) >= 11 is 3.37. The number of hydrogen-bond acceptors (Lipinski definition) is 2. The van der Waals surface area contributed by atoms with E-state index in [0.717, 1.165) is 30.3 Å². The minimum Gasteiger partial charge on any atom is -0.356 e. The summed E-state index contributed by atoms with van der Waals surface area (Å²) < 4.78 is 0.964. The van der Waals surface area contributed by atoms with E-state index in [9.17, 15) is 9.59 Å². The molecule has 1 saturated heterocycles. The summed E-state index contributed by atoms with van der Waals surface area (Å²) in [6.45, 7) is 6.35. The lowest BCUT2D eigenvalue weighted by molar-refractivity contribution is -0.126. The van der Waals surface area contributed by atoms with Crippen LogP contribution in [-0.2, 0) is 4.79 Å². The van der Waals surface area contributed by atoms with E-state index >= 15 is 0 Å². The Morgan fingerprint density at radius 1 is 1.22 bits per heavy atom. The van der Waals surface area contributed by atoms with Crippen LogP contribution in [0.2, 0.25) is 0 Å². The molecule has 0 aliphatic carbocycles. The second-order valence-electron chi connectivity index (χ2n) is 6.55. The van der Waals surface area contributed by atoms with Crippen LogP contribution in [0, 0.1) is 11.8 Å². The average molecular weight is 381 g/mol. The Morgan fingerprint density at radius 3 is 2.39 bits per heavy atom. The minimum atomic E-state index is 0.0381. The van der Waals surface area contributed by atoms with E-state index < -0.39 is 0 Å². The van der Waals surface area contributed by atoms with Crippen LogP contribution in [0.1, 0.15) is 43.5 Å². The lowest BCUT2D eigenvalue weighted by Crippen LogP contribution is -2.43. The van der Waals surface area contributed by atoms with Gasteiger partial charge in [-0.2, -0.15) is 0 Å². The minimum absolute atomic E-state index is 0.0381. The van der Waals surface area contributed by atoms with Crippen molar-refractivity contribution in [3.8, 4) is 0 Å². The number of amides is 2. The Bertz CT molecular complexity index is 534. The molecule has 0 spiro atoms. The van der Waals surface area contributed by atoms with Gasteiger partial charge >= 0.3 is 0 Å². The number of hydrogen-bond donors (Lipinski definition) is 1. The Labute approximate surface area is 146 Å². The Hall–Kier alpha value is -1.36. The highest BCUT2D eigenvalue weighted by molar-refractivity contribution is 9.10. The second-order valence-corrected chi connectivity index (χ2v) is 7.46. The van der Waals surface area contributed by atoms with Gasteiger partial charge in [-0.3, -0.25) is 9.59 Å². The number of rotatable bonds is 5. The average Bonchev–Trinajstić information content (AvgIpc) is 2.54. The lowest BCUT2D eigenvalue weighted by Gasteiger charge is -2.31. The van der Waals surface area contributed by atoms with Crippen molar-refractivity contribution in [2.45, 2.75) is 33.1 Å². The van der Waals surface area contributed by atoms with Gasteiger partial charge in [-0.1, -0.05) is 29.8 Å². The van der Waals surface area contributed by atoms with Gasteiger partial charge in [0.05, 0.1) is 0 Å². The van der Waals surface area contributed by atoms with Crippen molar-refractivity contribution < 1.29 is 9.59 Å².